The number of ether oxygens (including phenoxy) is 2. The molecule has 1 heterocycles. The van der Waals surface area contributed by atoms with Gasteiger partial charge in [-0.2, -0.15) is 0 Å². The third-order valence-electron chi connectivity index (χ3n) is 8.96. The Labute approximate surface area is 176 Å². The first-order valence-corrected chi connectivity index (χ1v) is 11.0. The van der Waals surface area contributed by atoms with E-state index in [4.69, 9.17) is 9.47 Å². The molecular weight excluding hydrogens is 384 g/mol. The van der Waals surface area contributed by atoms with E-state index in [0.717, 1.165) is 18.4 Å². The minimum absolute atomic E-state index is 0.00558. The minimum atomic E-state index is -1.36. The zero-order chi connectivity index (χ0) is 21.7. The van der Waals surface area contributed by atoms with Crippen molar-refractivity contribution in [1.29, 1.82) is 0 Å². The number of ketones is 2. The second kappa shape index (κ2) is 5.99. The van der Waals surface area contributed by atoms with Crippen molar-refractivity contribution in [3.63, 3.8) is 0 Å². The Hall–Kier alpha value is -1.63. The first-order valence-electron chi connectivity index (χ1n) is 11.0. The van der Waals surface area contributed by atoms with Gasteiger partial charge >= 0.3 is 0 Å². The van der Waals surface area contributed by atoms with Crippen molar-refractivity contribution < 1.29 is 29.0 Å². The summed E-state index contributed by atoms with van der Waals surface area (Å²) in [6.45, 7) is 7.65. The number of Topliss-reactive ketones (excluding diaryl/α,β-unsaturated/α-hetero) is 1. The fraction of sp³-hybridized carbons (Fsp3) is 0.708. The van der Waals surface area contributed by atoms with Gasteiger partial charge < -0.3 is 14.6 Å². The lowest BCUT2D eigenvalue weighted by Crippen LogP contribution is -2.63. The second-order valence-corrected chi connectivity index (χ2v) is 10.8. The number of rotatable bonds is 2. The van der Waals surface area contributed by atoms with Gasteiger partial charge in [0.1, 0.15) is 0 Å². The monoisotopic (exact) mass is 414 g/mol. The quantitative estimate of drug-likeness (QED) is 0.552. The van der Waals surface area contributed by atoms with Crippen molar-refractivity contribution in [2.45, 2.75) is 77.0 Å². The predicted octanol–water partition coefficient (Wildman–Crippen LogP) is 2.53. The molecule has 0 amide bonds. The molecule has 1 saturated heterocycles. The van der Waals surface area contributed by atoms with Crippen LogP contribution in [0.1, 0.15) is 53.4 Å². The van der Waals surface area contributed by atoms with Gasteiger partial charge in [-0.05, 0) is 63.5 Å². The Balaban J connectivity index is 1.60. The van der Waals surface area contributed by atoms with Crippen LogP contribution in [-0.2, 0) is 23.9 Å². The van der Waals surface area contributed by atoms with Crippen molar-refractivity contribution in [2.75, 3.05) is 0 Å². The molecule has 0 bridgehead atoms. The first kappa shape index (κ1) is 20.3. The fourth-order valence-electron chi connectivity index (χ4n) is 7.94. The lowest BCUT2D eigenvalue weighted by atomic mass is 9.46. The van der Waals surface area contributed by atoms with Crippen LogP contribution in [0.3, 0.4) is 0 Å². The Morgan fingerprint density at radius 3 is 2.70 bits per heavy atom. The van der Waals surface area contributed by atoms with Crippen LogP contribution >= 0.6 is 0 Å². The average Bonchev–Trinajstić information content (AvgIpc) is 3.07. The molecule has 162 valence electrons. The van der Waals surface area contributed by atoms with Gasteiger partial charge in [0, 0.05) is 16.7 Å². The molecule has 0 aromatic heterocycles. The topological polar surface area (TPSA) is 89.9 Å². The number of carbonyl (C=O) groups is 3. The highest BCUT2D eigenvalue weighted by atomic mass is 16.8. The predicted molar refractivity (Wildman–Crippen MR) is 107 cm³/mol. The van der Waals surface area contributed by atoms with Gasteiger partial charge in [-0.1, -0.05) is 25.5 Å². The van der Waals surface area contributed by atoms with E-state index in [9.17, 15) is 19.5 Å². The summed E-state index contributed by atoms with van der Waals surface area (Å²) in [7, 11) is 0. The van der Waals surface area contributed by atoms with E-state index >= 15 is 0 Å². The molecule has 1 aliphatic heterocycles. The third-order valence-corrected chi connectivity index (χ3v) is 8.96. The lowest BCUT2D eigenvalue weighted by Gasteiger charge is -2.59. The molecule has 4 fully saturated rings. The van der Waals surface area contributed by atoms with Gasteiger partial charge in [0.05, 0.1) is 12.2 Å². The van der Waals surface area contributed by atoms with Gasteiger partial charge in [-0.25, -0.2) is 0 Å². The molecule has 0 spiro atoms. The van der Waals surface area contributed by atoms with Gasteiger partial charge in [0.15, 0.2) is 23.5 Å². The highest BCUT2D eigenvalue weighted by Crippen LogP contribution is 2.70. The van der Waals surface area contributed by atoms with Crippen LogP contribution in [0.25, 0.3) is 0 Å². The summed E-state index contributed by atoms with van der Waals surface area (Å²) in [6, 6.07) is 0. The average molecular weight is 414 g/mol. The number of aliphatic hydroxyl groups excluding tert-OH is 1. The molecule has 8 atom stereocenters. The van der Waals surface area contributed by atoms with Crippen LogP contribution in [0.5, 0.6) is 0 Å². The number of carbonyl (C=O) groups excluding carboxylic acids is 3. The number of allylic oxidation sites excluding steroid dienone is 4. The molecule has 6 heteroatoms. The smallest absolute Gasteiger partial charge is 0.230 e. The SMILES string of the molecule is CC1(C)O[C@@H]2C[C@H]3[C@@H]4CCC5=CC(=O)C=C[C@]5(C)[C@H]4[C@@H](O)C[C@]3(C)[C@]2(C(=O)C=O)O1. The van der Waals surface area contributed by atoms with Gasteiger partial charge in [-0.3, -0.25) is 14.4 Å². The largest absolute Gasteiger partial charge is 0.393 e. The standard InChI is InChI=1S/C24H30O6/c1-21(2)29-19-10-16-15-6-5-13-9-14(26)7-8-22(13,3)20(15)17(27)11-23(16,4)24(19,30-21)18(28)12-25/h7-9,12,15-17,19-20,27H,5-6,10-11H2,1-4H3/t15-,16-,17-,19+,20+,22-,23-,24+/m0/s1. The number of aldehydes is 1. The van der Waals surface area contributed by atoms with Gasteiger partial charge in [-0.15, -0.1) is 0 Å². The van der Waals surface area contributed by atoms with E-state index in [2.05, 4.69) is 6.92 Å². The van der Waals surface area contributed by atoms with Crippen molar-refractivity contribution in [2.24, 2.45) is 28.6 Å². The molecule has 0 aromatic carbocycles. The molecule has 3 saturated carbocycles. The van der Waals surface area contributed by atoms with Gasteiger partial charge in [0.2, 0.25) is 5.78 Å². The number of aliphatic hydroxyl groups is 1. The van der Waals surface area contributed by atoms with E-state index in [1.807, 2.05) is 13.0 Å². The molecule has 5 rings (SSSR count). The van der Waals surface area contributed by atoms with Crippen molar-refractivity contribution in [1.82, 2.24) is 0 Å². The van der Waals surface area contributed by atoms with Crippen molar-refractivity contribution in [3.05, 3.63) is 23.8 Å². The molecule has 1 N–H and O–H groups in total. The molecule has 0 unspecified atom stereocenters. The van der Waals surface area contributed by atoms with Crippen molar-refractivity contribution in [3.8, 4) is 0 Å². The molecule has 0 radical (unpaired) electrons. The van der Waals surface area contributed by atoms with Crippen LogP contribution in [0.15, 0.2) is 23.8 Å². The van der Waals surface area contributed by atoms with Crippen LogP contribution < -0.4 is 0 Å². The van der Waals surface area contributed by atoms with E-state index in [1.165, 1.54) is 0 Å². The maximum Gasteiger partial charge on any atom is 0.230 e. The summed E-state index contributed by atoms with van der Waals surface area (Å²) in [5, 5.41) is 11.5. The van der Waals surface area contributed by atoms with Crippen LogP contribution in [0.4, 0.5) is 0 Å². The number of hydrogen-bond acceptors (Lipinski definition) is 6. The molecule has 5 aliphatic rings. The molecule has 4 aliphatic carbocycles. The number of fused-ring (bicyclic) bond motifs is 7. The Morgan fingerprint density at radius 2 is 2.00 bits per heavy atom. The Morgan fingerprint density at radius 1 is 1.27 bits per heavy atom. The fourth-order valence-corrected chi connectivity index (χ4v) is 7.94. The summed E-state index contributed by atoms with van der Waals surface area (Å²) in [5.41, 5.74) is -1.34. The molecule has 30 heavy (non-hydrogen) atoms. The molecule has 0 aromatic rings. The van der Waals surface area contributed by atoms with E-state index in [1.54, 1.807) is 26.0 Å². The third kappa shape index (κ3) is 2.28. The maximum absolute atomic E-state index is 13.0. The molecular formula is C24H30O6. The maximum atomic E-state index is 13.0. The second-order valence-electron chi connectivity index (χ2n) is 10.8. The number of hydrogen-bond donors (Lipinski definition) is 1. The summed E-state index contributed by atoms with van der Waals surface area (Å²) in [4.78, 5) is 36.7. The zero-order valence-electron chi connectivity index (χ0n) is 18.0. The van der Waals surface area contributed by atoms with E-state index in [-0.39, 0.29) is 29.0 Å². The van der Waals surface area contributed by atoms with Crippen molar-refractivity contribution >= 4 is 17.9 Å². The zero-order valence-corrected chi connectivity index (χ0v) is 18.0. The van der Waals surface area contributed by atoms with Gasteiger partial charge in [0.25, 0.3) is 0 Å². The Bertz CT molecular complexity index is 901. The van der Waals surface area contributed by atoms with Crippen LogP contribution in [0.2, 0.25) is 0 Å². The van der Waals surface area contributed by atoms with Crippen LogP contribution in [0, 0.1) is 28.6 Å². The summed E-state index contributed by atoms with van der Waals surface area (Å²) >= 11 is 0. The first-order chi connectivity index (χ1) is 14.0. The van der Waals surface area contributed by atoms with E-state index in [0.29, 0.717) is 19.1 Å². The minimum Gasteiger partial charge on any atom is -0.393 e. The molecule has 6 nitrogen and oxygen atoms in total. The summed E-state index contributed by atoms with van der Waals surface area (Å²) in [6.07, 6.45) is 7.11. The van der Waals surface area contributed by atoms with E-state index < -0.39 is 34.8 Å². The Kier molecular flexibility index (Phi) is 4.05. The highest BCUT2D eigenvalue weighted by molar-refractivity contribution is 6.29. The summed E-state index contributed by atoms with van der Waals surface area (Å²) in [5.74, 6) is -1.35. The summed E-state index contributed by atoms with van der Waals surface area (Å²) < 4.78 is 12.4. The lowest BCUT2D eigenvalue weighted by molar-refractivity contribution is -0.223. The van der Waals surface area contributed by atoms with Crippen LogP contribution in [-0.4, -0.2) is 46.6 Å². The highest BCUT2D eigenvalue weighted by Gasteiger charge is 2.76. The normalized spacial score (nSPS) is 50.8.